The normalized spacial score (nSPS) is 12.3. The third-order valence-electron chi connectivity index (χ3n) is 3.06. The second-order valence-electron chi connectivity index (χ2n) is 6.52. The van der Waals surface area contributed by atoms with Gasteiger partial charge in [-0.05, 0) is 58.7 Å². The van der Waals surface area contributed by atoms with Gasteiger partial charge in [0.2, 0.25) is 0 Å². The fourth-order valence-electron chi connectivity index (χ4n) is 2.74. The lowest BCUT2D eigenvalue weighted by atomic mass is 9.89. The van der Waals surface area contributed by atoms with E-state index >= 15 is 0 Å². The molecule has 1 aromatic rings. The second-order valence-corrected chi connectivity index (χ2v) is 6.52. The lowest BCUT2D eigenvalue weighted by molar-refractivity contribution is 0.0334. The van der Waals surface area contributed by atoms with Crippen LogP contribution in [0.2, 0.25) is 0 Å². The summed E-state index contributed by atoms with van der Waals surface area (Å²) in [6.45, 7) is 9.60. The van der Waals surface area contributed by atoms with Crippen molar-refractivity contribution in [3.05, 3.63) is 29.8 Å². The molecule has 0 aliphatic rings. The van der Waals surface area contributed by atoms with Crippen molar-refractivity contribution in [2.45, 2.75) is 52.1 Å². The van der Waals surface area contributed by atoms with Gasteiger partial charge in [0.05, 0.1) is 0 Å². The monoisotopic (exact) mass is 264 g/mol. The molecule has 0 aliphatic carbocycles. The summed E-state index contributed by atoms with van der Waals surface area (Å²) < 4.78 is 0. The lowest BCUT2D eigenvalue weighted by Gasteiger charge is -2.45. The number of amides is 1. The fourth-order valence-corrected chi connectivity index (χ4v) is 2.74. The van der Waals surface area contributed by atoms with E-state index in [2.05, 4.69) is 0 Å². The molecule has 0 saturated carbocycles. The van der Waals surface area contributed by atoms with E-state index in [1.807, 2.05) is 58.9 Å². The molecule has 1 aromatic carbocycles. The van der Waals surface area contributed by atoms with Gasteiger partial charge in [0, 0.05) is 16.8 Å². The molecule has 0 fully saturated rings. The van der Waals surface area contributed by atoms with E-state index in [1.165, 1.54) is 4.90 Å². The van der Waals surface area contributed by atoms with Crippen LogP contribution in [0.25, 0.3) is 0 Å². The predicted molar refractivity (Wildman–Crippen MR) is 78.3 cm³/mol. The molecule has 1 amide bonds. The minimum absolute atomic E-state index is 0.449. The first kappa shape index (κ1) is 15.3. The standard InChI is InChI=1S/C15H24N2O2/c1-14(2,3)17(13(18)19)15(4,5)10-11-7-6-8-12(16)9-11/h6-9H,10,16H2,1-5H3,(H,18,19). The summed E-state index contributed by atoms with van der Waals surface area (Å²) >= 11 is 0. The van der Waals surface area contributed by atoms with E-state index in [1.54, 1.807) is 0 Å². The van der Waals surface area contributed by atoms with Crippen LogP contribution in [-0.2, 0) is 6.42 Å². The van der Waals surface area contributed by atoms with Gasteiger partial charge in [-0.25, -0.2) is 4.79 Å². The molecule has 0 unspecified atom stereocenters. The van der Waals surface area contributed by atoms with Crippen LogP contribution >= 0.6 is 0 Å². The molecular weight excluding hydrogens is 240 g/mol. The lowest BCUT2D eigenvalue weighted by Crippen LogP contribution is -2.57. The summed E-state index contributed by atoms with van der Waals surface area (Å²) in [5, 5.41) is 9.48. The Morgan fingerprint density at radius 1 is 1.26 bits per heavy atom. The first-order valence-electron chi connectivity index (χ1n) is 6.42. The first-order chi connectivity index (χ1) is 8.54. The van der Waals surface area contributed by atoms with E-state index in [0.717, 1.165) is 5.56 Å². The molecule has 0 spiro atoms. The Kier molecular flexibility index (Phi) is 4.13. The SMILES string of the molecule is CC(C)(C)N(C(=O)O)C(C)(C)Cc1cccc(N)c1. The van der Waals surface area contributed by atoms with Crippen molar-refractivity contribution >= 4 is 11.8 Å². The summed E-state index contributed by atoms with van der Waals surface area (Å²) in [4.78, 5) is 13.1. The molecule has 0 aromatic heterocycles. The van der Waals surface area contributed by atoms with Gasteiger partial charge in [-0.3, -0.25) is 4.90 Å². The van der Waals surface area contributed by atoms with Gasteiger partial charge < -0.3 is 10.8 Å². The zero-order valence-electron chi connectivity index (χ0n) is 12.4. The molecule has 0 bridgehead atoms. The molecule has 4 heteroatoms. The molecule has 0 aliphatic heterocycles. The molecular formula is C15H24N2O2. The number of hydrogen-bond acceptors (Lipinski definition) is 2. The van der Waals surface area contributed by atoms with Crippen LogP contribution in [-0.4, -0.2) is 27.2 Å². The number of benzene rings is 1. The number of nitrogen functional groups attached to an aromatic ring is 1. The molecule has 1 rings (SSSR count). The smallest absolute Gasteiger partial charge is 0.408 e. The predicted octanol–water partition coefficient (Wildman–Crippen LogP) is 3.37. The highest BCUT2D eigenvalue weighted by Gasteiger charge is 2.38. The Bertz CT molecular complexity index is 461. The summed E-state index contributed by atoms with van der Waals surface area (Å²) in [5.41, 5.74) is 6.56. The maximum absolute atomic E-state index is 11.6. The van der Waals surface area contributed by atoms with Gasteiger partial charge in [0.1, 0.15) is 0 Å². The van der Waals surface area contributed by atoms with E-state index in [-0.39, 0.29) is 0 Å². The first-order valence-corrected chi connectivity index (χ1v) is 6.42. The minimum atomic E-state index is -0.901. The molecule has 3 N–H and O–H groups in total. The van der Waals surface area contributed by atoms with Crippen LogP contribution in [0.4, 0.5) is 10.5 Å². The Morgan fingerprint density at radius 3 is 2.26 bits per heavy atom. The Balaban J connectivity index is 3.05. The number of rotatable bonds is 3. The molecule has 19 heavy (non-hydrogen) atoms. The van der Waals surface area contributed by atoms with E-state index in [0.29, 0.717) is 12.1 Å². The maximum Gasteiger partial charge on any atom is 0.408 e. The highest BCUT2D eigenvalue weighted by molar-refractivity contribution is 5.67. The van der Waals surface area contributed by atoms with Crippen LogP contribution in [0.15, 0.2) is 24.3 Å². The van der Waals surface area contributed by atoms with Crippen LogP contribution in [0, 0.1) is 0 Å². The minimum Gasteiger partial charge on any atom is -0.465 e. The second kappa shape index (κ2) is 5.11. The van der Waals surface area contributed by atoms with Crippen LogP contribution in [0.5, 0.6) is 0 Å². The van der Waals surface area contributed by atoms with E-state index < -0.39 is 17.2 Å². The van der Waals surface area contributed by atoms with Crippen molar-refractivity contribution < 1.29 is 9.90 Å². The molecule has 0 heterocycles. The summed E-state index contributed by atoms with van der Waals surface area (Å²) in [5.74, 6) is 0. The summed E-state index contributed by atoms with van der Waals surface area (Å²) in [7, 11) is 0. The summed E-state index contributed by atoms with van der Waals surface area (Å²) in [6.07, 6.45) is -0.275. The number of carboxylic acid groups (broad SMARTS) is 1. The van der Waals surface area contributed by atoms with Gasteiger partial charge in [0.15, 0.2) is 0 Å². The van der Waals surface area contributed by atoms with Gasteiger partial charge in [-0.2, -0.15) is 0 Å². The van der Waals surface area contributed by atoms with Crippen LogP contribution in [0.3, 0.4) is 0 Å². The molecule has 0 radical (unpaired) electrons. The van der Waals surface area contributed by atoms with Crippen molar-refractivity contribution in [1.29, 1.82) is 0 Å². The number of nitrogens with two attached hydrogens (primary N) is 1. The Labute approximate surface area is 115 Å². The fraction of sp³-hybridized carbons (Fsp3) is 0.533. The van der Waals surface area contributed by atoms with Gasteiger partial charge in [-0.15, -0.1) is 0 Å². The third kappa shape index (κ3) is 3.88. The van der Waals surface area contributed by atoms with Gasteiger partial charge >= 0.3 is 6.09 Å². The number of anilines is 1. The van der Waals surface area contributed by atoms with Crippen molar-refractivity contribution in [3.63, 3.8) is 0 Å². The number of carbonyl (C=O) groups is 1. The highest BCUT2D eigenvalue weighted by atomic mass is 16.4. The summed E-state index contributed by atoms with van der Waals surface area (Å²) in [6, 6.07) is 7.59. The Hall–Kier alpha value is -1.71. The van der Waals surface area contributed by atoms with Crippen molar-refractivity contribution in [2.24, 2.45) is 0 Å². The van der Waals surface area contributed by atoms with Gasteiger partial charge in [0.25, 0.3) is 0 Å². The quantitative estimate of drug-likeness (QED) is 0.822. The van der Waals surface area contributed by atoms with E-state index in [4.69, 9.17) is 5.73 Å². The molecule has 0 saturated heterocycles. The van der Waals surface area contributed by atoms with Crippen LogP contribution < -0.4 is 5.73 Å². The zero-order chi connectivity index (χ0) is 14.8. The van der Waals surface area contributed by atoms with Crippen LogP contribution in [0.1, 0.15) is 40.2 Å². The average molecular weight is 264 g/mol. The highest BCUT2D eigenvalue weighted by Crippen LogP contribution is 2.28. The van der Waals surface area contributed by atoms with Crippen molar-refractivity contribution in [1.82, 2.24) is 4.90 Å². The van der Waals surface area contributed by atoms with E-state index in [9.17, 15) is 9.90 Å². The largest absolute Gasteiger partial charge is 0.465 e. The van der Waals surface area contributed by atoms with Crippen molar-refractivity contribution in [3.8, 4) is 0 Å². The topological polar surface area (TPSA) is 66.6 Å². The average Bonchev–Trinajstić information content (AvgIpc) is 2.11. The third-order valence-corrected chi connectivity index (χ3v) is 3.06. The number of hydrogen-bond donors (Lipinski definition) is 2. The maximum atomic E-state index is 11.6. The molecule has 106 valence electrons. The Morgan fingerprint density at radius 2 is 1.84 bits per heavy atom. The van der Waals surface area contributed by atoms with Gasteiger partial charge in [-0.1, -0.05) is 12.1 Å². The van der Waals surface area contributed by atoms with Crippen molar-refractivity contribution in [2.75, 3.05) is 5.73 Å². The number of nitrogens with zero attached hydrogens (tertiary/aromatic N) is 1. The molecule has 4 nitrogen and oxygen atoms in total. The molecule has 0 atom stereocenters. The zero-order valence-corrected chi connectivity index (χ0v) is 12.4.